The van der Waals surface area contributed by atoms with E-state index < -0.39 is 119 Å². The predicted molar refractivity (Wildman–Crippen MR) is 158 cm³/mol. The van der Waals surface area contributed by atoms with Crippen LogP contribution in [-0.4, -0.2) is 135 Å². The van der Waals surface area contributed by atoms with Gasteiger partial charge in [0.2, 0.25) is 34.7 Å². The Morgan fingerprint density at radius 2 is 1.46 bits per heavy atom. The summed E-state index contributed by atoms with van der Waals surface area (Å²) in [5.74, 6) is -4.06. The predicted octanol–water partition coefficient (Wildman–Crippen LogP) is -1.37. The smallest absolute Gasteiger partial charge is 0.239 e. The number of hydrogen-bond acceptors (Lipinski definition) is 18. The molecule has 18 nitrogen and oxygen atoms in total. The first-order valence-corrected chi connectivity index (χ1v) is 14.5. The van der Waals surface area contributed by atoms with Gasteiger partial charge >= 0.3 is 0 Å². The van der Waals surface area contributed by atoms with Gasteiger partial charge in [-0.1, -0.05) is 0 Å². The molecular weight excluding hydrogens is 648 g/mol. The Balaban J connectivity index is 1.71. The second-order valence-electron chi connectivity index (χ2n) is 11.1. The third-order valence-corrected chi connectivity index (χ3v) is 8.17. The zero-order valence-electron chi connectivity index (χ0n) is 25.9. The molecule has 1 aromatic heterocycles. The van der Waals surface area contributed by atoms with Crippen molar-refractivity contribution in [1.29, 1.82) is 0 Å². The van der Waals surface area contributed by atoms with E-state index in [1.54, 1.807) is 0 Å². The highest BCUT2D eigenvalue weighted by Gasteiger charge is 2.51. The molecule has 3 heterocycles. The fraction of sp³-hybridized carbons (Fsp3) is 0.500. The summed E-state index contributed by atoms with van der Waals surface area (Å²) in [6.07, 6.45) is -16.9. The maximum absolute atomic E-state index is 14.3. The van der Waals surface area contributed by atoms with Crippen molar-refractivity contribution >= 4 is 11.0 Å². The van der Waals surface area contributed by atoms with Crippen LogP contribution in [0.1, 0.15) is 6.92 Å². The number of ether oxygens (including phenoxy) is 7. The van der Waals surface area contributed by atoms with E-state index in [0.717, 1.165) is 14.2 Å². The zero-order valence-corrected chi connectivity index (χ0v) is 25.9. The van der Waals surface area contributed by atoms with Crippen molar-refractivity contribution in [2.75, 3.05) is 27.9 Å². The van der Waals surface area contributed by atoms with Crippen LogP contribution in [0.5, 0.6) is 40.2 Å². The van der Waals surface area contributed by atoms with Crippen LogP contribution in [0.3, 0.4) is 0 Å². The van der Waals surface area contributed by atoms with Crippen molar-refractivity contribution in [2.24, 2.45) is 0 Å². The summed E-state index contributed by atoms with van der Waals surface area (Å²) in [6, 6.07) is 3.76. The molecule has 3 aromatic rings. The minimum absolute atomic E-state index is 0.0278. The molecule has 10 atom stereocenters. The number of fused-ring (bicyclic) bond motifs is 1. The van der Waals surface area contributed by atoms with E-state index in [1.807, 2.05) is 0 Å². The van der Waals surface area contributed by atoms with Gasteiger partial charge in [-0.2, -0.15) is 0 Å². The van der Waals surface area contributed by atoms with Gasteiger partial charge in [-0.25, -0.2) is 0 Å². The van der Waals surface area contributed by atoms with Gasteiger partial charge in [0, 0.05) is 5.56 Å². The lowest BCUT2D eigenvalue weighted by Gasteiger charge is -2.45. The minimum atomic E-state index is -1.94. The number of hydrogen-bond donors (Lipinski definition) is 9. The first-order chi connectivity index (χ1) is 22.8. The average molecular weight is 685 g/mol. The monoisotopic (exact) mass is 684 g/mol. The van der Waals surface area contributed by atoms with Gasteiger partial charge < -0.3 is 83.5 Å². The van der Waals surface area contributed by atoms with E-state index in [-0.39, 0.29) is 17.1 Å². The summed E-state index contributed by atoms with van der Waals surface area (Å²) < 4.78 is 44.4. The summed E-state index contributed by atoms with van der Waals surface area (Å²) in [4.78, 5) is 14.3. The first kappa shape index (κ1) is 35.2. The van der Waals surface area contributed by atoms with Gasteiger partial charge in [-0.3, -0.25) is 4.79 Å². The van der Waals surface area contributed by atoms with Crippen LogP contribution >= 0.6 is 0 Å². The number of aliphatic hydroxyl groups excluding tert-OH is 6. The van der Waals surface area contributed by atoms with Crippen molar-refractivity contribution in [3.63, 3.8) is 0 Å². The highest BCUT2D eigenvalue weighted by molar-refractivity contribution is 5.96. The van der Waals surface area contributed by atoms with Crippen LogP contribution in [0.15, 0.2) is 27.4 Å². The summed E-state index contributed by atoms with van der Waals surface area (Å²) >= 11 is 0. The summed E-state index contributed by atoms with van der Waals surface area (Å²) in [5.41, 5.74) is -1.55. The van der Waals surface area contributed by atoms with Crippen molar-refractivity contribution in [3.05, 3.63) is 28.4 Å². The van der Waals surface area contributed by atoms with E-state index in [4.69, 9.17) is 37.6 Å². The van der Waals surface area contributed by atoms with E-state index in [2.05, 4.69) is 0 Å². The quantitative estimate of drug-likeness (QED) is 0.126. The molecule has 264 valence electrons. The molecular formula is C30H36O18. The molecule has 5 rings (SSSR count). The number of aromatic hydroxyl groups is 3. The van der Waals surface area contributed by atoms with Crippen molar-refractivity contribution in [3.8, 4) is 51.6 Å². The fourth-order valence-corrected chi connectivity index (χ4v) is 5.52. The number of benzene rings is 2. The number of methoxy groups -OCH3 is 3. The van der Waals surface area contributed by atoms with Gasteiger partial charge in [-0.15, -0.1) is 0 Å². The number of aliphatic hydroxyl groups is 6. The maximum atomic E-state index is 14.3. The Hall–Kier alpha value is -4.11. The van der Waals surface area contributed by atoms with Gasteiger partial charge in [0.15, 0.2) is 41.0 Å². The molecule has 2 saturated heterocycles. The molecule has 2 aliphatic rings. The molecule has 2 aromatic carbocycles. The highest BCUT2D eigenvalue weighted by atomic mass is 16.8. The Morgan fingerprint density at radius 3 is 2.08 bits per heavy atom. The van der Waals surface area contributed by atoms with E-state index in [1.165, 1.54) is 32.2 Å². The average Bonchev–Trinajstić information content (AvgIpc) is 3.07. The molecule has 18 heteroatoms. The molecule has 48 heavy (non-hydrogen) atoms. The molecule has 9 N–H and O–H groups in total. The molecule has 0 aliphatic carbocycles. The molecule has 2 fully saturated rings. The van der Waals surface area contributed by atoms with Crippen LogP contribution in [0.2, 0.25) is 0 Å². The summed E-state index contributed by atoms with van der Waals surface area (Å²) in [7, 11) is 3.52. The molecule has 0 saturated carbocycles. The largest absolute Gasteiger partial charge is 0.504 e. The second kappa shape index (κ2) is 13.8. The Labute approximate surface area is 271 Å². The summed E-state index contributed by atoms with van der Waals surface area (Å²) in [5, 5.41) is 93.9. The van der Waals surface area contributed by atoms with E-state index >= 15 is 0 Å². The first-order valence-electron chi connectivity index (χ1n) is 14.5. The molecule has 2 aliphatic heterocycles. The Kier molecular flexibility index (Phi) is 10.1. The number of phenols is 3. The van der Waals surface area contributed by atoms with Crippen molar-refractivity contribution < 1.29 is 83.5 Å². The van der Waals surface area contributed by atoms with Crippen LogP contribution in [0, 0.1) is 0 Å². The van der Waals surface area contributed by atoms with Crippen molar-refractivity contribution in [1.82, 2.24) is 0 Å². The summed E-state index contributed by atoms with van der Waals surface area (Å²) in [6.45, 7) is 0.526. The molecule has 0 unspecified atom stereocenters. The lowest BCUT2D eigenvalue weighted by molar-refractivity contribution is -0.354. The van der Waals surface area contributed by atoms with Gasteiger partial charge in [0.05, 0.1) is 34.0 Å². The molecule has 0 spiro atoms. The maximum Gasteiger partial charge on any atom is 0.239 e. The number of rotatable bonds is 9. The third kappa shape index (κ3) is 5.91. The number of phenolic OH excluding ortho intramolecular Hbond substituents is 3. The van der Waals surface area contributed by atoms with Crippen LogP contribution in [-0.2, 0) is 14.2 Å². The molecule has 0 amide bonds. The van der Waals surface area contributed by atoms with Crippen LogP contribution in [0.4, 0.5) is 0 Å². The standard InChI is InChI=1S/C30H36O18/c1-9-15(33)19(37)21(39)29(44-9)48-28-20(38)16(34)13(8-31)45-30(28)47-27-18(36)14-17(35)25(42-3)22(40)26(43-4)24(14)46-23(27)10-5-6-11(32)12(7-10)41-2/h5-7,9,13,15-16,19-21,28-35,37-40H,8H2,1-4H3/t9-,13+,15-,16+,19+,20-,21+,28+,29-,30-/m0/s1. The van der Waals surface area contributed by atoms with E-state index in [9.17, 15) is 50.8 Å². The normalized spacial score (nSPS) is 30.6. The van der Waals surface area contributed by atoms with Gasteiger partial charge in [0.1, 0.15) is 42.0 Å². The Bertz CT molecular complexity index is 1690. The van der Waals surface area contributed by atoms with Crippen LogP contribution < -0.4 is 24.4 Å². The van der Waals surface area contributed by atoms with Crippen LogP contribution in [0.25, 0.3) is 22.3 Å². The van der Waals surface area contributed by atoms with Gasteiger partial charge in [0.25, 0.3) is 0 Å². The Morgan fingerprint density at radius 1 is 0.771 bits per heavy atom. The molecule has 0 bridgehead atoms. The van der Waals surface area contributed by atoms with E-state index in [0.29, 0.717) is 0 Å². The minimum Gasteiger partial charge on any atom is -0.504 e. The van der Waals surface area contributed by atoms with Crippen molar-refractivity contribution in [2.45, 2.75) is 68.3 Å². The fourth-order valence-electron chi connectivity index (χ4n) is 5.52. The highest BCUT2D eigenvalue weighted by Crippen LogP contribution is 2.51. The lowest BCUT2D eigenvalue weighted by atomic mass is 9.97. The second-order valence-corrected chi connectivity index (χ2v) is 11.1. The zero-order chi connectivity index (χ0) is 35.2. The molecule has 0 radical (unpaired) electrons. The topological polar surface area (TPSA) is 277 Å². The lowest BCUT2D eigenvalue weighted by Crippen LogP contribution is -2.64. The van der Waals surface area contributed by atoms with Gasteiger partial charge in [-0.05, 0) is 25.1 Å². The third-order valence-electron chi connectivity index (χ3n) is 8.17. The SMILES string of the molecule is COc1cc(-c2oc3c(OC)c(O)c(OC)c(O)c3c(=O)c2O[C@@H]2O[C@H](CO)[C@@H](O)[C@H](O)[C@H]2O[C@@H]2O[C@@H](C)[C@H](O)[C@@H](O)[C@H]2O)ccc1O.